The maximum absolute atomic E-state index is 12.0. The number of nitrogens with two attached hydrogens (primary N) is 1. The van der Waals surface area contributed by atoms with Crippen LogP contribution in [-0.2, 0) is 9.47 Å². The molecule has 1 fully saturated rings. The molecule has 5 nitrogen and oxygen atoms in total. The van der Waals surface area contributed by atoms with Crippen molar-refractivity contribution in [2.75, 3.05) is 26.2 Å². The van der Waals surface area contributed by atoms with Gasteiger partial charge in [-0.1, -0.05) is 6.08 Å². The second-order valence-corrected chi connectivity index (χ2v) is 5.63. The van der Waals surface area contributed by atoms with Crippen molar-refractivity contribution in [3.05, 3.63) is 12.7 Å². The Bertz CT molecular complexity index is 312. The number of ether oxygens (including phenoxy) is 2. The normalized spacial score (nSPS) is 24.8. The highest BCUT2D eigenvalue weighted by molar-refractivity contribution is 5.68. The number of hydrogen-bond acceptors (Lipinski definition) is 4. The highest BCUT2D eigenvalue weighted by atomic mass is 16.6. The minimum absolute atomic E-state index is 0.312. The van der Waals surface area contributed by atoms with Gasteiger partial charge >= 0.3 is 6.09 Å². The highest BCUT2D eigenvalue weighted by Gasteiger charge is 2.37. The van der Waals surface area contributed by atoms with Crippen molar-refractivity contribution in [1.82, 2.24) is 4.90 Å². The van der Waals surface area contributed by atoms with E-state index in [2.05, 4.69) is 6.58 Å². The van der Waals surface area contributed by atoms with Crippen LogP contribution in [-0.4, -0.2) is 48.4 Å². The Balaban J connectivity index is 2.68. The third-order valence-corrected chi connectivity index (χ3v) is 2.79. The summed E-state index contributed by atoms with van der Waals surface area (Å²) < 4.78 is 11.1. The molecule has 1 aliphatic rings. The van der Waals surface area contributed by atoms with E-state index in [-0.39, 0.29) is 6.09 Å². The highest BCUT2D eigenvalue weighted by Crippen LogP contribution is 2.23. The Morgan fingerprint density at radius 2 is 2.28 bits per heavy atom. The van der Waals surface area contributed by atoms with Crippen molar-refractivity contribution in [2.24, 2.45) is 5.73 Å². The van der Waals surface area contributed by atoms with E-state index in [1.54, 1.807) is 11.0 Å². The fourth-order valence-corrected chi connectivity index (χ4v) is 1.92. The summed E-state index contributed by atoms with van der Waals surface area (Å²) >= 11 is 0. The molecule has 0 radical (unpaired) electrons. The molecule has 2 N–H and O–H groups in total. The Hall–Kier alpha value is -1.07. The lowest BCUT2D eigenvalue weighted by atomic mass is 9.97. The van der Waals surface area contributed by atoms with E-state index in [1.165, 1.54) is 0 Å². The maximum Gasteiger partial charge on any atom is 0.410 e. The first-order valence-electron chi connectivity index (χ1n) is 6.25. The number of rotatable bonds is 3. The summed E-state index contributed by atoms with van der Waals surface area (Å²) in [6, 6.07) is 0. The lowest BCUT2D eigenvalue weighted by Crippen LogP contribution is -2.57. The van der Waals surface area contributed by atoms with Gasteiger partial charge in [-0.3, -0.25) is 0 Å². The molecule has 1 unspecified atom stereocenters. The molecule has 1 atom stereocenters. The summed E-state index contributed by atoms with van der Waals surface area (Å²) in [6.45, 7) is 11.1. The SMILES string of the molecule is C=CCC1(CN)CN(C(=O)OC(C)(C)C)CCO1. The van der Waals surface area contributed by atoms with E-state index < -0.39 is 11.2 Å². The van der Waals surface area contributed by atoms with Crippen molar-refractivity contribution >= 4 is 6.09 Å². The van der Waals surface area contributed by atoms with Crippen LogP contribution in [0.15, 0.2) is 12.7 Å². The molecular formula is C13H24N2O3. The zero-order chi connectivity index (χ0) is 13.8. The van der Waals surface area contributed by atoms with Crippen LogP contribution < -0.4 is 5.73 Å². The van der Waals surface area contributed by atoms with E-state index in [1.807, 2.05) is 20.8 Å². The minimum atomic E-state index is -0.517. The molecule has 1 rings (SSSR count). The summed E-state index contributed by atoms with van der Waals surface area (Å²) in [5.74, 6) is 0. The first-order valence-corrected chi connectivity index (χ1v) is 6.25. The molecule has 0 bridgehead atoms. The van der Waals surface area contributed by atoms with Crippen molar-refractivity contribution in [3.63, 3.8) is 0 Å². The molecule has 1 heterocycles. The Labute approximate surface area is 109 Å². The molecule has 5 heteroatoms. The smallest absolute Gasteiger partial charge is 0.410 e. The van der Waals surface area contributed by atoms with Gasteiger partial charge in [0.1, 0.15) is 11.2 Å². The van der Waals surface area contributed by atoms with Crippen LogP contribution in [0.4, 0.5) is 4.79 Å². The van der Waals surface area contributed by atoms with Crippen LogP contribution in [0, 0.1) is 0 Å². The molecular weight excluding hydrogens is 232 g/mol. The van der Waals surface area contributed by atoms with E-state index >= 15 is 0 Å². The summed E-state index contributed by atoms with van der Waals surface area (Å²) in [6.07, 6.45) is 2.08. The van der Waals surface area contributed by atoms with Crippen LogP contribution in [0.2, 0.25) is 0 Å². The zero-order valence-electron chi connectivity index (χ0n) is 11.6. The molecule has 0 aromatic carbocycles. The van der Waals surface area contributed by atoms with Gasteiger partial charge in [-0.05, 0) is 27.2 Å². The molecule has 0 spiro atoms. The summed E-state index contributed by atoms with van der Waals surface area (Å²) in [5, 5.41) is 0. The number of carbonyl (C=O) groups is 1. The van der Waals surface area contributed by atoms with Crippen molar-refractivity contribution in [2.45, 2.75) is 38.4 Å². The van der Waals surface area contributed by atoms with E-state index in [0.29, 0.717) is 32.7 Å². The monoisotopic (exact) mass is 256 g/mol. The lowest BCUT2D eigenvalue weighted by molar-refractivity contribution is -0.101. The van der Waals surface area contributed by atoms with Gasteiger partial charge in [0.2, 0.25) is 0 Å². The standard InChI is InChI=1S/C13H24N2O3/c1-5-6-13(9-14)10-15(7-8-17-13)11(16)18-12(2,3)4/h5H,1,6-10,14H2,2-4H3. The fourth-order valence-electron chi connectivity index (χ4n) is 1.92. The number of hydrogen-bond donors (Lipinski definition) is 1. The van der Waals surface area contributed by atoms with E-state index in [4.69, 9.17) is 15.2 Å². The van der Waals surface area contributed by atoms with Gasteiger partial charge in [0.05, 0.1) is 13.2 Å². The molecule has 0 saturated carbocycles. The second-order valence-electron chi connectivity index (χ2n) is 5.63. The number of morpholine rings is 1. The minimum Gasteiger partial charge on any atom is -0.444 e. The predicted molar refractivity (Wildman–Crippen MR) is 70.4 cm³/mol. The maximum atomic E-state index is 12.0. The van der Waals surface area contributed by atoms with Gasteiger partial charge in [-0.2, -0.15) is 0 Å². The van der Waals surface area contributed by atoms with Crippen molar-refractivity contribution in [3.8, 4) is 0 Å². The van der Waals surface area contributed by atoms with Gasteiger partial charge < -0.3 is 20.1 Å². The van der Waals surface area contributed by atoms with Gasteiger partial charge in [-0.15, -0.1) is 6.58 Å². The topological polar surface area (TPSA) is 64.8 Å². The molecule has 0 aliphatic carbocycles. The molecule has 1 saturated heterocycles. The Morgan fingerprint density at radius 1 is 1.61 bits per heavy atom. The molecule has 0 aromatic rings. The van der Waals surface area contributed by atoms with Gasteiger partial charge in [0.15, 0.2) is 0 Å². The van der Waals surface area contributed by atoms with Crippen LogP contribution >= 0.6 is 0 Å². The lowest BCUT2D eigenvalue weighted by Gasteiger charge is -2.41. The van der Waals surface area contributed by atoms with Crippen LogP contribution in [0.1, 0.15) is 27.2 Å². The number of nitrogens with zero attached hydrogens (tertiary/aromatic N) is 1. The van der Waals surface area contributed by atoms with E-state index in [0.717, 1.165) is 0 Å². The van der Waals surface area contributed by atoms with Crippen LogP contribution in [0.3, 0.4) is 0 Å². The van der Waals surface area contributed by atoms with Crippen LogP contribution in [0.5, 0.6) is 0 Å². The Morgan fingerprint density at radius 3 is 2.78 bits per heavy atom. The van der Waals surface area contributed by atoms with Crippen LogP contribution in [0.25, 0.3) is 0 Å². The third-order valence-electron chi connectivity index (χ3n) is 2.79. The summed E-state index contributed by atoms with van der Waals surface area (Å²) in [5.41, 5.74) is 4.76. The average molecular weight is 256 g/mol. The third kappa shape index (κ3) is 3.99. The summed E-state index contributed by atoms with van der Waals surface area (Å²) in [4.78, 5) is 13.7. The second kappa shape index (κ2) is 5.71. The van der Waals surface area contributed by atoms with Crippen molar-refractivity contribution < 1.29 is 14.3 Å². The van der Waals surface area contributed by atoms with Gasteiger partial charge in [-0.25, -0.2) is 4.79 Å². The quantitative estimate of drug-likeness (QED) is 0.778. The molecule has 1 aliphatic heterocycles. The molecule has 18 heavy (non-hydrogen) atoms. The van der Waals surface area contributed by atoms with Gasteiger partial charge in [0.25, 0.3) is 0 Å². The van der Waals surface area contributed by atoms with Crippen molar-refractivity contribution in [1.29, 1.82) is 0 Å². The molecule has 0 aromatic heterocycles. The molecule has 104 valence electrons. The Kier molecular flexibility index (Phi) is 4.76. The predicted octanol–water partition coefficient (Wildman–Crippen LogP) is 1.53. The van der Waals surface area contributed by atoms with E-state index in [9.17, 15) is 4.79 Å². The van der Waals surface area contributed by atoms with Gasteiger partial charge in [0, 0.05) is 13.1 Å². The average Bonchev–Trinajstić information content (AvgIpc) is 2.27. The first-order chi connectivity index (χ1) is 8.32. The first kappa shape index (κ1) is 15.0. The number of amides is 1. The fraction of sp³-hybridized carbons (Fsp3) is 0.769. The zero-order valence-corrected chi connectivity index (χ0v) is 11.6. The summed E-state index contributed by atoms with van der Waals surface area (Å²) in [7, 11) is 0. The molecule has 1 amide bonds. The largest absolute Gasteiger partial charge is 0.444 e. The number of carbonyl (C=O) groups excluding carboxylic acids is 1.